The van der Waals surface area contributed by atoms with E-state index in [0.717, 1.165) is 35.8 Å². The summed E-state index contributed by atoms with van der Waals surface area (Å²) in [5.74, 6) is 3.74. The van der Waals surface area contributed by atoms with Gasteiger partial charge in [-0.3, -0.25) is 4.99 Å². The standard InChI is InChI=1S/C18H28N4O2/c1-6-14(7-2)16-10-15(24-22-16)11-20-18(19-5)21-13(4)17-9-8-12(3)23-17/h8-10,13-14H,6-7,11H2,1-5H3,(H2,19,20,21). The first-order valence-corrected chi connectivity index (χ1v) is 8.56. The fourth-order valence-corrected chi connectivity index (χ4v) is 2.64. The first kappa shape index (κ1) is 18.1. The maximum absolute atomic E-state index is 5.63. The van der Waals surface area contributed by atoms with Crippen molar-refractivity contribution in [1.29, 1.82) is 0 Å². The molecule has 0 radical (unpaired) electrons. The van der Waals surface area contributed by atoms with E-state index >= 15 is 0 Å². The van der Waals surface area contributed by atoms with Crippen molar-refractivity contribution in [2.45, 2.75) is 59.0 Å². The predicted molar refractivity (Wildman–Crippen MR) is 95.0 cm³/mol. The second-order valence-corrected chi connectivity index (χ2v) is 5.97. The highest BCUT2D eigenvalue weighted by Crippen LogP contribution is 2.22. The van der Waals surface area contributed by atoms with Crippen LogP contribution in [0, 0.1) is 6.92 Å². The summed E-state index contributed by atoms with van der Waals surface area (Å²) in [6.45, 7) is 8.85. The highest BCUT2D eigenvalue weighted by Gasteiger charge is 2.14. The molecular weight excluding hydrogens is 304 g/mol. The van der Waals surface area contributed by atoms with Crippen LogP contribution in [0.1, 0.15) is 68.5 Å². The molecule has 24 heavy (non-hydrogen) atoms. The van der Waals surface area contributed by atoms with Crippen LogP contribution in [0.25, 0.3) is 0 Å². The van der Waals surface area contributed by atoms with Gasteiger partial charge in [0.15, 0.2) is 11.7 Å². The SMILES string of the molecule is CCC(CC)c1cc(CNC(=NC)NC(C)c2ccc(C)o2)on1. The van der Waals surface area contributed by atoms with E-state index in [4.69, 9.17) is 8.94 Å². The van der Waals surface area contributed by atoms with E-state index in [1.807, 2.05) is 32.0 Å². The molecular formula is C18H28N4O2. The molecule has 0 aliphatic carbocycles. The van der Waals surface area contributed by atoms with Crippen molar-refractivity contribution in [2.24, 2.45) is 4.99 Å². The van der Waals surface area contributed by atoms with Crippen LogP contribution in [0.4, 0.5) is 0 Å². The Morgan fingerprint density at radius 1 is 1.29 bits per heavy atom. The highest BCUT2D eigenvalue weighted by molar-refractivity contribution is 5.79. The number of aromatic nitrogens is 1. The van der Waals surface area contributed by atoms with Gasteiger partial charge in [0.05, 0.1) is 18.3 Å². The average molecular weight is 332 g/mol. The number of aliphatic imine (C=N–C) groups is 1. The Hall–Kier alpha value is -2.24. The molecule has 6 nitrogen and oxygen atoms in total. The van der Waals surface area contributed by atoms with Gasteiger partial charge in [-0.05, 0) is 38.8 Å². The summed E-state index contributed by atoms with van der Waals surface area (Å²) in [6.07, 6.45) is 2.14. The van der Waals surface area contributed by atoms with Crippen LogP contribution in [-0.2, 0) is 6.54 Å². The van der Waals surface area contributed by atoms with Gasteiger partial charge in [-0.2, -0.15) is 0 Å². The normalized spacial score (nSPS) is 13.3. The van der Waals surface area contributed by atoms with Gasteiger partial charge in [-0.15, -0.1) is 0 Å². The summed E-state index contributed by atoms with van der Waals surface area (Å²) in [5.41, 5.74) is 1.03. The van der Waals surface area contributed by atoms with Crippen LogP contribution in [0.2, 0.25) is 0 Å². The lowest BCUT2D eigenvalue weighted by atomic mass is 9.99. The second kappa shape index (κ2) is 8.57. The molecule has 2 N–H and O–H groups in total. The fourth-order valence-electron chi connectivity index (χ4n) is 2.64. The summed E-state index contributed by atoms with van der Waals surface area (Å²) in [5, 5.41) is 10.7. The number of nitrogens with zero attached hydrogens (tertiary/aromatic N) is 2. The molecule has 132 valence electrons. The van der Waals surface area contributed by atoms with E-state index < -0.39 is 0 Å². The topological polar surface area (TPSA) is 75.6 Å². The van der Waals surface area contributed by atoms with Crippen molar-refractivity contribution in [1.82, 2.24) is 15.8 Å². The monoisotopic (exact) mass is 332 g/mol. The summed E-state index contributed by atoms with van der Waals surface area (Å²) >= 11 is 0. The molecule has 1 atom stereocenters. The van der Waals surface area contributed by atoms with Crippen molar-refractivity contribution in [2.75, 3.05) is 7.05 Å². The summed E-state index contributed by atoms with van der Waals surface area (Å²) < 4.78 is 11.1. The quantitative estimate of drug-likeness (QED) is 0.594. The fraction of sp³-hybridized carbons (Fsp3) is 0.556. The summed E-state index contributed by atoms with van der Waals surface area (Å²) in [6, 6.07) is 5.98. The molecule has 0 aromatic carbocycles. The minimum atomic E-state index is 0.0275. The zero-order valence-corrected chi connectivity index (χ0v) is 15.2. The minimum absolute atomic E-state index is 0.0275. The van der Waals surface area contributed by atoms with Gasteiger partial charge in [0, 0.05) is 19.0 Å². The largest absolute Gasteiger partial charge is 0.464 e. The van der Waals surface area contributed by atoms with E-state index in [1.54, 1.807) is 7.05 Å². The molecule has 2 heterocycles. The van der Waals surface area contributed by atoms with E-state index in [9.17, 15) is 0 Å². The Balaban J connectivity index is 1.90. The van der Waals surface area contributed by atoms with Crippen LogP contribution in [0.5, 0.6) is 0 Å². The molecule has 2 aromatic rings. The third-order valence-corrected chi connectivity index (χ3v) is 4.18. The number of aryl methyl sites for hydroxylation is 1. The Labute approximate surface area is 143 Å². The lowest BCUT2D eigenvalue weighted by Gasteiger charge is -2.15. The molecule has 0 fully saturated rings. The Kier molecular flexibility index (Phi) is 6.46. The van der Waals surface area contributed by atoms with Gasteiger partial charge >= 0.3 is 0 Å². The Morgan fingerprint density at radius 3 is 2.62 bits per heavy atom. The van der Waals surface area contributed by atoms with Gasteiger partial charge in [0.1, 0.15) is 11.5 Å². The third-order valence-electron chi connectivity index (χ3n) is 4.18. The van der Waals surface area contributed by atoms with Crippen LogP contribution < -0.4 is 10.6 Å². The van der Waals surface area contributed by atoms with Crippen LogP contribution in [0.15, 0.2) is 32.1 Å². The second-order valence-electron chi connectivity index (χ2n) is 5.97. The maximum atomic E-state index is 5.63. The van der Waals surface area contributed by atoms with E-state index in [0.29, 0.717) is 18.4 Å². The number of nitrogens with one attached hydrogen (secondary N) is 2. The first-order chi connectivity index (χ1) is 11.6. The van der Waals surface area contributed by atoms with E-state index in [-0.39, 0.29) is 6.04 Å². The van der Waals surface area contributed by atoms with Crippen LogP contribution in [0.3, 0.4) is 0 Å². The van der Waals surface area contributed by atoms with Crippen LogP contribution >= 0.6 is 0 Å². The molecule has 2 rings (SSSR count). The third kappa shape index (κ3) is 4.63. The van der Waals surface area contributed by atoms with Crippen molar-refractivity contribution in [3.05, 3.63) is 41.2 Å². The molecule has 0 spiro atoms. The summed E-state index contributed by atoms with van der Waals surface area (Å²) in [7, 11) is 1.74. The Bertz CT molecular complexity index is 656. The molecule has 0 amide bonds. The maximum Gasteiger partial charge on any atom is 0.191 e. The minimum Gasteiger partial charge on any atom is -0.464 e. The van der Waals surface area contributed by atoms with Crippen molar-refractivity contribution in [3.63, 3.8) is 0 Å². The highest BCUT2D eigenvalue weighted by atomic mass is 16.5. The van der Waals surface area contributed by atoms with Gasteiger partial charge in [-0.25, -0.2) is 0 Å². The van der Waals surface area contributed by atoms with E-state index in [2.05, 4.69) is 34.6 Å². The molecule has 0 bridgehead atoms. The van der Waals surface area contributed by atoms with Crippen molar-refractivity contribution >= 4 is 5.96 Å². The number of hydrogen-bond donors (Lipinski definition) is 2. The number of hydrogen-bond acceptors (Lipinski definition) is 4. The van der Waals surface area contributed by atoms with Crippen molar-refractivity contribution < 1.29 is 8.94 Å². The zero-order chi connectivity index (χ0) is 17.5. The Morgan fingerprint density at radius 2 is 2.04 bits per heavy atom. The van der Waals surface area contributed by atoms with E-state index in [1.165, 1.54) is 0 Å². The first-order valence-electron chi connectivity index (χ1n) is 8.56. The molecule has 0 aliphatic heterocycles. The molecule has 0 saturated carbocycles. The lowest BCUT2D eigenvalue weighted by molar-refractivity contribution is 0.367. The molecule has 1 unspecified atom stereocenters. The van der Waals surface area contributed by atoms with Crippen molar-refractivity contribution in [3.8, 4) is 0 Å². The number of guanidine groups is 1. The van der Waals surface area contributed by atoms with Gasteiger partial charge in [0.25, 0.3) is 0 Å². The molecule has 2 aromatic heterocycles. The number of rotatable bonds is 7. The molecule has 0 aliphatic rings. The smallest absolute Gasteiger partial charge is 0.191 e. The zero-order valence-electron chi connectivity index (χ0n) is 15.2. The van der Waals surface area contributed by atoms with Gasteiger partial charge in [0.2, 0.25) is 0 Å². The predicted octanol–water partition coefficient (Wildman–Crippen LogP) is 3.91. The van der Waals surface area contributed by atoms with Crippen LogP contribution in [-0.4, -0.2) is 18.2 Å². The summed E-state index contributed by atoms with van der Waals surface area (Å²) in [4.78, 5) is 4.24. The molecule has 0 saturated heterocycles. The van der Waals surface area contributed by atoms with Gasteiger partial charge < -0.3 is 19.6 Å². The molecule has 6 heteroatoms. The average Bonchev–Trinajstić information content (AvgIpc) is 3.22. The number of furan rings is 1. The lowest BCUT2D eigenvalue weighted by Crippen LogP contribution is -2.38. The van der Waals surface area contributed by atoms with Gasteiger partial charge in [-0.1, -0.05) is 19.0 Å².